The van der Waals surface area contributed by atoms with Gasteiger partial charge in [0, 0.05) is 12.2 Å². The third-order valence-electron chi connectivity index (χ3n) is 2.17. The summed E-state index contributed by atoms with van der Waals surface area (Å²) < 4.78 is 5.00. The zero-order valence-electron chi connectivity index (χ0n) is 9.60. The number of carbonyl (C=O) groups is 3. The molecule has 1 heterocycles. The van der Waals surface area contributed by atoms with Gasteiger partial charge in [0.1, 0.15) is 6.04 Å². The van der Waals surface area contributed by atoms with E-state index in [1.165, 1.54) is 0 Å². The van der Waals surface area contributed by atoms with E-state index in [1.54, 1.807) is 20.8 Å². The number of nitrogens with zero attached hydrogens (tertiary/aromatic N) is 1. The number of imide groups is 1. The van der Waals surface area contributed by atoms with Crippen molar-refractivity contribution in [2.24, 2.45) is 0 Å². The molecule has 88 valence electrons. The molecule has 5 nitrogen and oxygen atoms in total. The summed E-state index contributed by atoms with van der Waals surface area (Å²) in [4.78, 5) is 35.4. The van der Waals surface area contributed by atoms with Crippen molar-refractivity contribution in [2.45, 2.75) is 39.3 Å². The summed E-state index contributed by atoms with van der Waals surface area (Å²) in [6.45, 7) is 5.16. The van der Waals surface area contributed by atoms with Crippen LogP contribution in [0.4, 0.5) is 0 Å². The minimum absolute atomic E-state index is 0.262. The molecule has 1 aliphatic rings. The van der Waals surface area contributed by atoms with E-state index in [1.807, 2.05) is 0 Å². The highest BCUT2D eigenvalue weighted by Crippen LogP contribution is 2.14. The third-order valence-corrected chi connectivity index (χ3v) is 2.17. The Morgan fingerprint density at radius 3 is 2.19 bits per heavy atom. The monoisotopic (exact) mass is 225 g/mol. The topological polar surface area (TPSA) is 63.7 Å². The van der Waals surface area contributed by atoms with Gasteiger partial charge in [0.25, 0.3) is 11.8 Å². The fraction of sp³-hybridized carbons (Fsp3) is 0.545. The fourth-order valence-electron chi connectivity index (χ4n) is 1.48. The Morgan fingerprint density at radius 2 is 1.81 bits per heavy atom. The summed E-state index contributed by atoms with van der Waals surface area (Å²) >= 11 is 0. The molecule has 0 aromatic carbocycles. The van der Waals surface area contributed by atoms with Crippen LogP contribution in [0.3, 0.4) is 0 Å². The molecular formula is C11H15NO4. The third kappa shape index (κ3) is 2.48. The van der Waals surface area contributed by atoms with Crippen LogP contribution >= 0.6 is 0 Å². The zero-order valence-corrected chi connectivity index (χ0v) is 9.60. The molecule has 1 unspecified atom stereocenters. The SMILES string of the molecule is CCC(C(=O)OC(C)C)N1C(=O)C=CC1=O. The largest absolute Gasteiger partial charge is 0.461 e. The maximum absolute atomic E-state index is 11.7. The number of carbonyl (C=O) groups excluding carboxylic acids is 3. The quantitative estimate of drug-likeness (QED) is 0.520. The highest BCUT2D eigenvalue weighted by atomic mass is 16.5. The second kappa shape index (κ2) is 4.92. The standard InChI is InChI=1S/C11H15NO4/c1-4-8(11(15)16-7(2)3)12-9(13)5-6-10(12)14/h5-8H,4H2,1-3H3. The lowest BCUT2D eigenvalue weighted by Gasteiger charge is -2.24. The molecule has 0 N–H and O–H groups in total. The Balaban J connectivity index is 2.78. The first-order chi connectivity index (χ1) is 7.47. The van der Waals surface area contributed by atoms with Crippen LogP contribution in [0.15, 0.2) is 12.2 Å². The smallest absolute Gasteiger partial charge is 0.329 e. The van der Waals surface area contributed by atoms with Crippen molar-refractivity contribution in [3.05, 3.63) is 12.2 Å². The van der Waals surface area contributed by atoms with Crippen LogP contribution in [0.5, 0.6) is 0 Å². The molecule has 2 amide bonds. The van der Waals surface area contributed by atoms with Crippen LogP contribution in [-0.4, -0.2) is 34.8 Å². The van der Waals surface area contributed by atoms with Gasteiger partial charge in [-0.15, -0.1) is 0 Å². The number of amides is 2. The van der Waals surface area contributed by atoms with Crippen LogP contribution in [0.2, 0.25) is 0 Å². The van der Waals surface area contributed by atoms with Crippen molar-refractivity contribution < 1.29 is 19.1 Å². The first kappa shape index (κ1) is 12.4. The average molecular weight is 225 g/mol. The second-order valence-electron chi connectivity index (χ2n) is 3.79. The van der Waals surface area contributed by atoms with Gasteiger partial charge in [-0.1, -0.05) is 6.92 Å². The molecule has 0 radical (unpaired) electrons. The molecule has 0 fully saturated rings. The second-order valence-corrected chi connectivity index (χ2v) is 3.79. The highest BCUT2D eigenvalue weighted by molar-refractivity contribution is 6.14. The van der Waals surface area contributed by atoms with Gasteiger partial charge in [0.2, 0.25) is 0 Å². The highest BCUT2D eigenvalue weighted by Gasteiger charge is 2.35. The Kier molecular flexibility index (Phi) is 3.82. The molecule has 1 atom stereocenters. The van der Waals surface area contributed by atoms with Gasteiger partial charge in [0.15, 0.2) is 0 Å². The Labute approximate surface area is 94.1 Å². The molecule has 1 aliphatic heterocycles. The van der Waals surface area contributed by atoms with E-state index in [9.17, 15) is 14.4 Å². The van der Waals surface area contributed by atoms with Gasteiger partial charge >= 0.3 is 5.97 Å². The van der Waals surface area contributed by atoms with Gasteiger partial charge in [-0.25, -0.2) is 4.79 Å². The number of hydrogen-bond donors (Lipinski definition) is 0. The number of hydrogen-bond acceptors (Lipinski definition) is 4. The summed E-state index contributed by atoms with van der Waals surface area (Å²) in [5, 5.41) is 0. The minimum atomic E-state index is -0.822. The Bertz CT molecular complexity index is 328. The van der Waals surface area contributed by atoms with E-state index in [4.69, 9.17) is 4.74 Å². The van der Waals surface area contributed by atoms with Crippen molar-refractivity contribution >= 4 is 17.8 Å². The fourth-order valence-corrected chi connectivity index (χ4v) is 1.48. The summed E-state index contributed by atoms with van der Waals surface area (Å²) in [6.07, 6.45) is 2.41. The Morgan fingerprint density at radius 1 is 1.31 bits per heavy atom. The van der Waals surface area contributed by atoms with Crippen LogP contribution in [-0.2, 0) is 19.1 Å². The predicted molar refractivity (Wildman–Crippen MR) is 56.3 cm³/mol. The normalized spacial score (nSPS) is 17.1. The van der Waals surface area contributed by atoms with Crippen molar-refractivity contribution in [3.8, 4) is 0 Å². The van der Waals surface area contributed by atoms with E-state index in [0.717, 1.165) is 17.1 Å². The number of esters is 1. The van der Waals surface area contributed by atoms with Crippen LogP contribution in [0.25, 0.3) is 0 Å². The van der Waals surface area contributed by atoms with Crippen LogP contribution in [0.1, 0.15) is 27.2 Å². The molecule has 0 aromatic heterocycles. The maximum atomic E-state index is 11.7. The molecule has 0 aromatic rings. The molecule has 0 spiro atoms. The molecule has 0 bridgehead atoms. The first-order valence-corrected chi connectivity index (χ1v) is 5.23. The molecule has 0 saturated heterocycles. The van der Waals surface area contributed by atoms with Crippen molar-refractivity contribution in [1.29, 1.82) is 0 Å². The lowest BCUT2D eigenvalue weighted by Crippen LogP contribution is -2.45. The van der Waals surface area contributed by atoms with Crippen molar-refractivity contribution in [2.75, 3.05) is 0 Å². The summed E-state index contributed by atoms with van der Waals surface area (Å²) in [7, 11) is 0. The number of rotatable bonds is 4. The van der Waals surface area contributed by atoms with E-state index < -0.39 is 23.8 Å². The number of ether oxygens (including phenoxy) is 1. The summed E-state index contributed by atoms with van der Waals surface area (Å²) in [5.41, 5.74) is 0. The summed E-state index contributed by atoms with van der Waals surface area (Å²) in [5.74, 6) is -1.46. The lowest BCUT2D eigenvalue weighted by molar-refractivity contribution is -0.160. The minimum Gasteiger partial charge on any atom is -0.461 e. The van der Waals surface area contributed by atoms with Gasteiger partial charge in [-0.2, -0.15) is 0 Å². The van der Waals surface area contributed by atoms with E-state index in [0.29, 0.717) is 6.42 Å². The molecule has 16 heavy (non-hydrogen) atoms. The molecule has 0 aliphatic carbocycles. The van der Waals surface area contributed by atoms with E-state index in [2.05, 4.69) is 0 Å². The molecule has 1 rings (SSSR count). The first-order valence-electron chi connectivity index (χ1n) is 5.23. The summed E-state index contributed by atoms with van der Waals surface area (Å²) in [6, 6.07) is -0.822. The van der Waals surface area contributed by atoms with E-state index in [-0.39, 0.29) is 6.10 Å². The van der Waals surface area contributed by atoms with Crippen LogP contribution < -0.4 is 0 Å². The molecule has 0 saturated carbocycles. The average Bonchev–Trinajstić information content (AvgIpc) is 2.49. The van der Waals surface area contributed by atoms with Crippen molar-refractivity contribution in [3.63, 3.8) is 0 Å². The maximum Gasteiger partial charge on any atom is 0.329 e. The van der Waals surface area contributed by atoms with Gasteiger partial charge in [0.05, 0.1) is 6.10 Å². The molecule has 5 heteroatoms. The molecular weight excluding hydrogens is 210 g/mol. The lowest BCUT2D eigenvalue weighted by atomic mass is 10.2. The van der Waals surface area contributed by atoms with Crippen molar-refractivity contribution in [1.82, 2.24) is 4.90 Å². The van der Waals surface area contributed by atoms with Gasteiger partial charge in [-0.3, -0.25) is 14.5 Å². The van der Waals surface area contributed by atoms with E-state index >= 15 is 0 Å². The van der Waals surface area contributed by atoms with Gasteiger partial charge in [-0.05, 0) is 20.3 Å². The predicted octanol–water partition coefficient (Wildman–Crippen LogP) is 0.642. The Hall–Kier alpha value is -1.65. The van der Waals surface area contributed by atoms with Gasteiger partial charge < -0.3 is 4.74 Å². The zero-order chi connectivity index (χ0) is 12.3. The van der Waals surface area contributed by atoms with Crippen LogP contribution in [0, 0.1) is 0 Å².